The van der Waals surface area contributed by atoms with E-state index >= 15 is 0 Å². The highest BCUT2D eigenvalue weighted by molar-refractivity contribution is 5.95. The molecule has 1 fully saturated rings. The molecule has 1 aliphatic carbocycles. The second-order valence-corrected chi connectivity index (χ2v) is 5.72. The topological polar surface area (TPSA) is 78.5 Å². The molecule has 0 spiro atoms. The van der Waals surface area contributed by atoms with Gasteiger partial charge in [0.25, 0.3) is 0 Å². The van der Waals surface area contributed by atoms with E-state index < -0.39 is 0 Å². The van der Waals surface area contributed by atoms with E-state index in [-0.39, 0.29) is 36.7 Å². The zero-order valence-corrected chi connectivity index (χ0v) is 13.4. The lowest BCUT2D eigenvalue weighted by molar-refractivity contribution is -0.137. The van der Waals surface area contributed by atoms with E-state index in [2.05, 4.69) is 10.6 Å². The Morgan fingerprint density at radius 3 is 2.43 bits per heavy atom. The maximum atomic E-state index is 12.1. The predicted molar refractivity (Wildman–Crippen MR) is 87.7 cm³/mol. The van der Waals surface area contributed by atoms with Crippen LogP contribution in [0.5, 0.6) is 0 Å². The largest absolute Gasteiger partial charge is 0.345 e. The van der Waals surface area contributed by atoms with Crippen molar-refractivity contribution in [2.45, 2.75) is 26.2 Å². The number of para-hydroxylation sites is 1. The van der Waals surface area contributed by atoms with E-state index in [1.807, 2.05) is 25.1 Å². The summed E-state index contributed by atoms with van der Waals surface area (Å²) in [6.45, 7) is 2.45. The first-order valence-corrected chi connectivity index (χ1v) is 8.00. The average Bonchev–Trinajstić information content (AvgIpc) is 3.38. The minimum absolute atomic E-state index is 0.0157. The van der Waals surface area contributed by atoms with E-state index in [1.165, 1.54) is 0 Å². The van der Waals surface area contributed by atoms with Gasteiger partial charge in [-0.1, -0.05) is 25.1 Å². The number of carbonyl (C=O) groups is 3. The van der Waals surface area contributed by atoms with Gasteiger partial charge in [0, 0.05) is 18.2 Å². The summed E-state index contributed by atoms with van der Waals surface area (Å²) < 4.78 is 0. The third-order valence-electron chi connectivity index (χ3n) is 3.57. The van der Waals surface area contributed by atoms with Crippen LogP contribution in [0.4, 0.5) is 5.69 Å². The zero-order valence-electron chi connectivity index (χ0n) is 13.4. The highest BCUT2D eigenvalue weighted by Crippen LogP contribution is 2.30. The maximum absolute atomic E-state index is 12.1. The second-order valence-electron chi connectivity index (χ2n) is 5.72. The van der Waals surface area contributed by atoms with Crippen molar-refractivity contribution in [3.05, 3.63) is 30.3 Å². The van der Waals surface area contributed by atoms with Gasteiger partial charge in [-0.2, -0.15) is 0 Å². The number of hydrogen-bond donors (Lipinski definition) is 2. The number of anilines is 1. The van der Waals surface area contributed by atoms with E-state index in [0.29, 0.717) is 12.2 Å². The Labute approximate surface area is 136 Å². The van der Waals surface area contributed by atoms with Crippen molar-refractivity contribution in [2.75, 3.05) is 25.0 Å². The van der Waals surface area contributed by atoms with Crippen molar-refractivity contribution in [3.63, 3.8) is 0 Å². The van der Waals surface area contributed by atoms with Gasteiger partial charge in [-0.25, -0.2) is 0 Å². The summed E-state index contributed by atoms with van der Waals surface area (Å²) in [5.74, 6) is -0.456. The third-order valence-corrected chi connectivity index (χ3v) is 3.57. The van der Waals surface area contributed by atoms with Crippen LogP contribution in [0.3, 0.4) is 0 Å². The van der Waals surface area contributed by atoms with E-state index in [4.69, 9.17) is 0 Å². The lowest BCUT2D eigenvalue weighted by Crippen LogP contribution is -2.43. The second kappa shape index (κ2) is 8.31. The fourth-order valence-electron chi connectivity index (χ4n) is 2.26. The molecule has 1 saturated carbocycles. The molecule has 0 atom stereocenters. The van der Waals surface area contributed by atoms with Crippen LogP contribution in [0.15, 0.2) is 30.3 Å². The van der Waals surface area contributed by atoms with Crippen LogP contribution in [-0.2, 0) is 14.4 Å². The molecule has 0 aromatic heterocycles. The van der Waals surface area contributed by atoms with Gasteiger partial charge >= 0.3 is 0 Å². The average molecular weight is 317 g/mol. The molecule has 2 rings (SSSR count). The molecule has 0 heterocycles. The van der Waals surface area contributed by atoms with Crippen LogP contribution >= 0.6 is 0 Å². The van der Waals surface area contributed by atoms with Crippen molar-refractivity contribution in [1.29, 1.82) is 0 Å². The number of benzene rings is 1. The van der Waals surface area contributed by atoms with Crippen molar-refractivity contribution < 1.29 is 14.4 Å². The molecule has 23 heavy (non-hydrogen) atoms. The van der Waals surface area contributed by atoms with E-state index in [1.54, 1.807) is 17.0 Å². The lowest BCUT2D eigenvalue weighted by Gasteiger charge is -2.21. The van der Waals surface area contributed by atoms with Crippen LogP contribution in [0, 0.1) is 5.92 Å². The number of nitrogens with zero attached hydrogens (tertiary/aromatic N) is 1. The van der Waals surface area contributed by atoms with Crippen molar-refractivity contribution in [1.82, 2.24) is 10.2 Å². The van der Waals surface area contributed by atoms with Gasteiger partial charge in [0.15, 0.2) is 0 Å². The number of amides is 3. The van der Waals surface area contributed by atoms with Gasteiger partial charge < -0.3 is 15.5 Å². The summed E-state index contributed by atoms with van der Waals surface area (Å²) in [6.07, 6.45) is 2.64. The first-order valence-electron chi connectivity index (χ1n) is 8.00. The van der Waals surface area contributed by atoms with Crippen molar-refractivity contribution in [2.24, 2.45) is 5.92 Å². The molecular formula is C17H23N3O3. The molecule has 0 unspecified atom stereocenters. The summed E-state index contributed by atoms with van der Waals surface area (Å²) in [5.41, 5.74) is 0.684. The summed E-state index contributed by atoms with van der Waals surface area (Å²) in [4.78, 5) is 37.4. The molecule has 1 aromatic carbocycles. The van der Waals surface area contributed by atoms with Crippen molar-refractivity contribution in [3.8, 4) is 0 Å². The minimum atomic E-state index is -0.310. The number of rotatable bonds is 8. The number of nitrogens with one attached hydrogen (secondary N) is 2. The Kier molecular flexibility index (Phi) is 6.14. The minimum Gasteiger partial charge on any atom is -0.345 e. The van der Waals surface area contributed by atoms with Gasteiger partial charge in [0.2, 0.25) is 17.7 Å². The fraction of sp³-hybridized carbons (Fsp3) is 0.471. The first kappa shape index (κ1) is 17.0. The molecular weight excluding hydrogens is 294 g/mol. The summed E-state index contributed by atoms with van der Waals surface area (Å²) in [5, 5.41) is 5.25. The van der Waals surface area contributed by atoms with Gasteiger partial charge in [0.1, 0.15) is 0 Å². The zero-order chi connectivity index (χ0) is 16.7. The van der Waals surface area contributed by atoms with Gasteiger partial charge in [0.05, 0.1) is 13.1 Å². The summed E-state index contributed by atoms with van der Waals surface area (Å²) in [6, 6.07) is 9.05. The summed E-state index contributed by atoms with van der Waals surface area (Å²) >= 11 is 0. The normalized spacial score (nSPS) is 13.3. The van der Waals surface area contributed by atoms with Gasteiger partial charge in [-0.15, -0.1) is 0 Å². The molecule has 6 nitrogen and oxygen atoms in total. The first-order chi connectivity index (χ1) is 11.1. The molecule has 6 heteroatoms. The Bertz CT molecular complexity index is 555. The highest BCUT2D eigenvalue weighted by Gasteiger charge is 2.33. The smallest absolute Gasteiger partial charge is 0.243 e. The van der Waals surface area contributed by atoms with Gasteiger partial charge in [-0.3, -0.25) is 14.4 Å². The molecule has 2 N–H and O–H groups in total. The Balaban J connectivity index is 1.74. The molecule has 3 amide bonds. The predicted octanol–water partition coefficient (Wildman–Crippen LogP) is 1.39. The highest BCUT2D eigenvalue weighted by atomic mass is 16.2. The summed E-state index contributed by atoms with van der Waals surface area (Å²) in [7, 11) is 0. The lowest BCUT2D eigenvalue weighted by atomic mass is 10.3. The van der Waals surface area contributed by atoms with Crippen LogP contribution in [-0.4, -0.2) is 42.3 Å². The maximum Gasteiger partial charge on any atom is 0.243 e. The van der Waals surface area contributed by atoms with E-state index in [0.717, 1.165) is 19.3 Å². The van der Waals surface area contributed by atoms with Crippen LogP contribution in [0.25, 0.3) is 0 Å². The number of hydrogen-bond acceptors (Lipinski definition) is 3. The SMILES string of the molecule is CCCN(CC(=O)NCC(=O)Nc1ccccc1)C(=O)C1CC1. The molecule has 0 bridgehead atoms. The molecule has 1 aliphatic rings. The Morgan fingerprint density at radius 2 is 1.83 bits per heavy atom. The Hall–Kier alpha value is -2.37. The van der Waals surface area contributed by atoms with Crippen LogP contribution in [0.1, 0.15) is 26.2 Å². The fourth-order valence-corrected chi connectivity index (χ4v) is 2.26. The molecule has 0 aliphatic heterocycles. The monoisotopic (exact) mass is 317 g/mol. The van der Waals surface area contributed by atoms with Gasteiger partial charge in [-0.05, 0) is 31.4 Å². The molecule has 1 aromatic rings. The Morgan fingerprint density at radius 1 is 1.13 bits per heavy atom. The molecule has 0 radical (unpaired) electrons. The van der Waals surface area contributed by atoms with Crippen LogP contribution in [0.2, 0.25) is 0 Å². The standard InChI is InChI=1S/C17H23N3O3/c1-2-10-20(17(23)13-8-9-13)12-16(22)18-11-15(21)19-14-6-4-3-5-7-14/h3-7,13H,2,8-12H2,1H3,(H,18,22)(H,19,21). The van der Waals surface area contributed by atoms with Crippen molar-refractivity contribution >= 4 is 23.4 Å². The quantitative estimate of drug-likeness (QED) is 0.760. The molecule has 0 saturated heterocycles. The van der Waals surface area contributed by atoms with E-state index in [9.17, 15) is 14.4 Å². The third kappa shape index (κ3) is 5.73. The molecule has 124 valence electrons. The number of carbonyl (C=O) groups excluding carboxylic acids is 3. The van der Waals surface area contributed by atoms with Crippen LogP contribution < -0.4 is 10.6 Å².